The molecule has 0 spiro atoms. The highest BCUT2D eigenvalue weighted by atomic mass is 79.9. The van der Waals surface area contributed by atoms with Crippen molar-refractivity contribution in [1.82, 2.24) is 4.98 Å². The Hall–Kier alpha value is -0.760. The Morgan fingerprint density at radius 1 is 1.42 bits per heavy atom. The Balaban J connectivity index is 2.64. The zero-order valence-corrected chi connectivity index (χ0v) is 7.85. The van der Waals surface area contributed by atoms with Crippen LogP contribution in [0.1, 0.15) is 11.0 Å². The molecule has 2 heteroatoms. The topological polar surface area (TPSA) is 15.8 Å². The summed E-state index contributed by atoms with van der Waals surface area (Å²) in [4.78, 5) is 2.94. The summed E-state index contributed by atoms with van der Waals surface area (Å²) in [6.45, 7) is 0. The van der Waals surface area contributed by atoms with Crippen LogP contribution in [0.4, 0.5) is 0 Å². The average molecular weight is 228 g/mol. The van der Waals surface area contributed by atoms with Gasteiger partial charge in [0.25, 0.3) is 0 Å². The molecule has 12 heavy (non-hydrogen) atoms. The van der Waals surface area contributed by atoms with E-state index in [1.165, 1.54) is 6.20 Å². The van der Waals surface area contributed by atoms with E-state index in [0.717, 1.165) is 5.52 Å². The summed E-state index contributed by atoms with van der Waals surface area (Å²) in [5.41, 5.74) is 1.13. The van der Waals surface area contributed by atoms with Crippen molar-refractivity contribution in [1.29, 1.82) is 0 Å². The number of halogens is 1. The van der Waals surface area contributed by atoms with Crippen molar-refractivity contribution in [3.63, 3.8) is 0 Å². The van der Waals surface area contributed by atoms with Crippen molar-refractivity contribution in [2.75, 3.05) is 5.28 Å². The molecule has 1 N–H and O–H groups in total. The highest BCUT2D eigenvalue weighted by Crippen LogP contribution is 2.18. The molecule has 0 bridgehead atoms. The summed E-state index contributed by atoms with van der Waals surface area (Å²) in [5, 5.41) is -1.40. The van der Waals surface area contributed by atoms with Crippen LogP contribution in [-0.2, 0) is 6.37 Å². The fourth-order valence-corrected chi connectivity index (χ4v) is 1.44. The molecule has 0 unspecified atom stereocenters. The highest BCUT2D eigenvalue weighted by molar-refractivity contribution is 9.09. The van der Waals surface area contributed by atoms with E-state index in [2.05, 4.69) is 20.9 Å². The van der Waals surface area contributed by atoms with E-state index in [4.69, 9.17) is 5.48 Å². The first-order valence-electron chi connectivity index (χ1n) is 5.59. The van der Waals surface area contributed by atoms with Gasteiger partial charge in [0.1, 0.15) is 0 Å². The van der Waals surface area contributed by atoms with Crippen LogP contribution in [0, 0.1) is 0 Å². The predicted octanol–water partition coefficient (Wildman–Crippen LogP) is 3.11. The molecule has 0 fully saturated rings. The second-order valence-corrected chi connectivity index (χ2v) is 2.86. The zero-order valence-electron chi connectivity index (χ0n) is 10.3. The summed E-state index contributed by atoms with van der Waals surface area (Å²) in [7, 11) is 0. The number of aromatic amines is 1. The van der Waals surface area contributed by atoms with Gasteiger partial charge in [-0.3, -0.25) is 0 Å². The zero-order chi connectivity index (χ0) is 12.0. The van der Waals surface area contributed by atoms with E-state index in [9.17, 15) is 0 Å². The van der Waals surface area contributed by atoms with Crippen molar-refractivity contribution < 1.29 is 5.48 Å². The molecule has 0 saturated heterocycles. The van der Waals surface area contributed by atoms with Crippen molar-refractivity contribution >= 4 is 26.8 Å². The maximum atomic E-state index is 7.84. The second kappa shape index (κ2) is 3.31. The minimum absolute atomic E-state index is 0.324. The van der Waals surface area contributed by atoms with Gasteiger partial charge in [-0.15, -0.1) is 0 Å². The second-order valence-electron chi connectivity index (χ2n) is 2.47. The number of rotatable bonds is 2. The third kappa shape index (κ3) is 1.27. The maximum absolute atomic E-state index is 7.84. The first-order chi connectivity index (χ1) is 7.34. The fraction of sp³-hybridized carbons (Fsp3) is 0.200. The Morgan fingerprint density at radius 2 is 2.25 bits per heavy atom. The summed E-state index contributed by atoms with van der Waals surface area (Å²) in [6.07, 6.45) is -0.573. The number of fused-ring (bicyclic) bond motifs is 1. The van der Waals surface area contributed by atoms with Crippen LogP contribution in [0.15, 0.2) is 30.5 Å². The minimum Gasteiger partial charge on any atom is -0.361 e. The summed E-state index contributed by atoms with van der Waals surface area (Å²) in [6, 6.07) is 7.26. The van der Waals surface area contributed by atoms with Gasteiger partial charge >= 0.3 is 0 Å². The van der Waals surface area contributed by atoms with E-state index in [1.54, 1.807) is 12.1 Å². The quantitative estimate of drug-likeness (QED) is 0.760. The first kappa shape index (κ1) is 4.47. The van der Waals surface area contributed by atoms with Gasteiger partial charge in [-0.1, -0.05) is 34.1 Å². The summed E-state index contributed by atoms with van der Waals surface area (Å²) >= 11 is 2.75. The largest absolute Gasteiger partial charge is 0.361 e. The van der Waals surface area contributed by atoms with Gasteiger partial charge in [-0.25, -0.2) is 0 Å². The molecule has 1 heterocycles. The van der Waals surface area contributed by atoms with Crippen molar-refractivity contribution in [2.24, 2.45) is 0 Å². The lowest BCUT2D eigenvalue weighted by atomic mass is 10.1. The van der Waals surface area contributed by atoms with E-state index in [1.807, 2.05) is 12.1 Å². The molecule has 0 saturated carbocycles. The van der Waals surface area contributed by atoms with Crippen LogP contribution in [0.3, 0.4) is 0 Å². The number of alkyl halides is 1. The Morgan fingerprint density at radius 3 is 3.08 bits per heavy atom. The molecule has 0 aliphatic carbocycles. The van der Waals surface area contributed by atoms with Crippen LogP contribution in [0.2, 0.25) is 0 Å². The lowest BCUT2D eigenvalue weighted by molar-refractivity contribution is 1.18. The van der Waals surface area contributed by atoms with Crippen LogP contribution in [-0.4, -0.2) is 10.3 Å². The van der Waals surface area contributed by atoms with Crippen LogP contribution >= 0.6 is 15.9 Å². The lowest BCUT2D eigenvalue weighted by Crippen LogP contribution is -1.81. The standard InChI is InChI=1S/C10H10BrN/c11-6-5-8-7-12-10-4-2-1-3-9(8)10/h1-4,7,12H,5-6H2/i5D2,6D2. The molecule has 1 aromatic heterocycles. The molecule has 2 aromatic rings. The van der Waals surface area contributed by atoms with Crippen LogP contribution in [0.25, 0.3) is 10.9 Å². The summed E-state index contributed by atoms with van der Waals surface area (Å²) in [5.74, 6) is 0. The first-order valence-corrected chi connectivity index (χ1v) is 4.39. The molecule has 0 aliphatic rings. The number of hydrogen-bond donors (Lipinski definition) is 1. The van der Waals surface area contributed by atoms with Crippen molar-refractivity contribution in [3.05, 3.63) is 36.0 Å². The molecule has 2 rings (SSSR count). The smallest absolute Gasteiger partial charge is 0.0456 e. The fourth-order valence-electron chi connectivity index (χ4n) is 1.23. The number of aryl methyl sites for hydroxylation is 1. The van der Waals surface area contributed by atoms with Gasteiger partial charge in [-0.05, 0) is 18.0 Å². The molecular formula is C10H10BrN. The van der Waals surface area contributed by atoms with Crippen molar-refractivity contribution in [2.45, 2.75) is 6.37 Å². The predicted molar refractivity (Wildman–Crippen MR) is 55.8 cm³/mol. The SMILES string of the molecule is [2H]C([2H])(Br)C([2H])([2H])c1c[nH]c2ccccc12. The molecule has 0 amide bonds. The normalized spacial score (nSPS) is 18.1. The maximum Gasteiger partial charge on any atom is 0.0456 e. The molecular weight excluding hydrogens is 214 g/mol. The van der Waals surface area contributed by atoms with Gasteiger partial charge in [0.2, 0.25) is 0 Å². The van der Waals surface area contributed by atoms with Gasteiger partial charge in [0, 0.05) is 27.9 Å². The van der Waals surface area contributed by atoms with Crippen LogP contribution in [0.5, 0.6) is 0 Å². The number of benzene rings is 1. The molecule has 0 radical (unpaired) electrons. The highest BCUT2D eigenvalue weighted by Gasteiger charge is 2.00. The third-order valence-electron chi connectivity index (χ3n) is 1.77. The molecule has 1 aromatic carbocycles. The van der Waals surface area contributed by atoms with Gasteiger partial charge < -0.3 is 4.98 Å². The molecule has 0 atom stereocenters. The number of nitrogens with one attached hydrogen (secondary N) is 1. The van der Waals surface area contributed by atoms with E-state index < -0.39 is 11.7 Å². The van der Waals surface area contributed by atoms with E-state index >= 15 is 0 Å². The Bertz CT molecular complexity index is 515. The number of hydrogen-bond acceptors (Lipinski definition) is 0. The summed E-state index contributed by atoms with van der Waals surface area (Å²) < 4.78 is 30.6. The van der Waals surface area contributed by atoms with Gasteiger partial charge in [-0.2, -0.15) is 0 Å². The molecule has 1 nitrogen and oxygen atoms in total. The third-order valence-corrected chi connectivity index (χ3v) is 1.97. The average Bonchev–Trinajstić information content (AvgIpc) is 2.59. The number of aromatic nitrogens is 1. The van der Waals surface area contributed by atoms with Gasteiger partial charge in [0.05, 0.1) is 0 Å². The number of para-hydroxylation sites is 1. The van der Waals surface area contributed by atoms with Crippen molar-refractivity contribution in [3.8, 4) is 0 Å². The molecule has 0 aliphatic heterocycles. The molecule has 62 valence electrons. The monoisotopic (exact) mass is 227 g/mol. The van der Waals surface area contributed by atoms with E-state index in [0.29, 0.717) is 10.9 Å². The Labute approximate surface area is 85.5 Å². The lowest BCUT2D eigenvalue weighted by Gasteiger charge is -1.93. The van der Waals surface area contributed by atoms with Crippen LogP contribution < -0.4 is 0 Å². The minimum atomic E-state index is -2.11. The number of H-pyrrole nitrogens is 1. The van der Waals surface area contributed by atoms with E-state index in [-0.39, 0.29) is 0 Å². The Kier molecular flexibility index (Phi) is 1.23. The van der Waals surface area contributed by atoms with Gasteiger partial charge in [0.15, 0.2) is 0 Å².